The van der Waals surface area contributed by atoms with E-state index in [1.807, 2.05) is 0 Å². The fraction of sp³-hybridized carbons (Fsp3) is 0.871. The number of aliphatic hydroxyl groups excluding tert-OH is 1. The van der Waals surface area contributed by atoms with Gasteiger partial charge in [0.05, 0.1) is 26.4 Å². The summed E-state index contributed by atoms with van der Waals surface area (Å²) >= 11 is 0. The van der Waals surface area contributed by atoms with Crippen molar-refractivity contribution < 1.29 is 80.2 Å². The number of carbonyl (C=O) groups excluding carboxylic acids is 4. The van der Waals surface area contributed by atoms with Crippen LogP contribution in [-0.4, -0.2) is 96.7 Å². The molecule has 2 unspecified atom stereocenters. The zero-order valence-electron chi connectivity index (χ0n) is 51.6. The van der Waals surface area contributed by atoms with Crippen molar-refractivity contribution in [3.63, 3.8) is 0 Å². The summed E-state index contributed by atoms with van der Waals surface area (Å²) in [7, 11) is -9.89. The van der Waals surface area contributed by atoms with Gasteiger partial charge in [0.1, 0.15) is 19.3 Å². The lowest BCUT2D eigenvalue weighted by atomic mass is 10.0. The minimum atomic E-state index is -4.95. The first-order chi connectivity index (χ1) is 38.9. The fourth-order valence-corrected chi connectivity index (χ4v) is 10.2. The smallest absolute Gasteiger partial charge is 0.462 e. The molecule has 0 aromatic heterocycles. The van der Waals surface area contributed by atoms with E-state index in [1.54, 1.807) is 0 Å². The number of aliphatic hydroxyl groups is 1. The lowest BCUT2D eigenvalue weighted by Gasteiger charge is -2.21. The highest BCUT2D eigenvalue weighted by atomic mass is 31.2. The van der Waals surface area contributed by atoms with Crippen molar-refractivity contribution in [2.45, 2.75) is 297 Å². The first-order valence-electron chi connectivity index (χ1n) is 31.8. The van der Waals surface area contributed by atoms with Crippen molar-refractivity contribution in [2.24, 2.45) is 11.8 Å². The summed E-state index contributed by atoms with van der Waals surface area (Å²) < 4.78 is 67.6. The Morgan fingerprint density at radius 1 is 0.383 bits per heavy atom. The molecular formula is C62H116O17P2. The third-order valence-electron chi connectivity index (χ3n) is 13.6. The zero-order valence-corrected chi connectivity index (χ0v) is 53.3. The van der Waals surface area contributed by atoms with Gasteiger partial charge in [-0.05, 0) is 63.2 Å². The molecule has 0 aromatic rings. The molecule has 5 atom stereocenters. The predicted molar refractivity (Wildman–Crippen MR) is 321 cm³/mol. The van der Waals surface area contributed by atoms with Crippen LogP contribution in [0.3, 0.4) is 0 Å². The fourth-order valence-electron chi connectivity index (χ4n) is 8.64. The Hall–Kier alpha value is -2.46. The van der Waals surface area contributed by atoms with Gasteiger partial charge in [0.25, 0.3) is 0 Å². The van der Waals surface area contributed by atoms with Crippen LogP contribution in [-0.2, 0) is 65.4 Å². The Labute approximate surface area is 491 Å². The van der Waals surface area contributed by atoms with Gasteiger partial charge in [-0.2, -0.15) is 0 Å². The molecule has 3 N–H and O–H groups in total. The molecule has 0 fully saturated rings. The van der Waals surface area contributed by atoms with E-state index in [0.717, 1.165) is 115 Å². The van der Waals surface area contributed by atoms with E-state index >= 15 is 0 Å². The summed E-state index contributed by atoms with van der Waals surface area (Å²) in [6.07, 6.45) is 39.0. The molecule has 0 aliphatic carbocycles. The summed E-state index contributed by atoms with van der Waals surface area (Å²) in [6.45, 7) is 9.20. The molecule has 0 aliphatic heterocycles. The molecule has 0 bridgehead atoms. The van der Waals surface area contributed by atoms with E-state index in [4.69, 9.17) is 37.0 Å². The van der Waals surface area contributed by atoms with Gasteiger partial charge in [0.2, 0.25) is 0 Å². The number of ether oxygens (including phenoxy) is 4. The third kappa shape index (κ3) is 56.4. The SMILES string of the molecule is CCCCCC/C=C\C=C/CCCCCCCC(=O)O[C@H](COC(=O)CCCCCCCCCCCC(C)C)COP(=O)(O)OC[C@@H](O)COP(=O)(O)OC[C@@H](COC(=O)CCCCCCC)OC(=O)CCCCCCCCC(C)C. The van der Waals surface area contributed by atoms with E-state index in [1.165, 1.54) is 77.0 Å². The Morgan fingerprint density at radius 2 is 0.667 bits per heavy atom. The summed E-state index contributed by atoms with van der Waals surface area (Å²) in [5.74, 6) is -0.774. The van der Waals surface area contributed by atoms with Gasteiger partial charge >= 0.3 is 39.5 Å². The molecule has 17 nitrogen and oxygen atoms in total. The zero-order chi connectivity index (χ0) is 60.1. The second kappa shape index (κ2) is 54.2. The molecule has 0 heterocycles. The average Bonchev–Trinajstić information content (AvgIpc) is 3.42. The van der Waals surface area contributed by atoms with Crippen LogP contribution in [0.2, 0.25) is 0 Å². The molecule has 0 saturated carbocycles. The van der Waals surface area contributed by atoms with Crippen LogP contribution in [0.1, 0.15) is 279 Å². The number of hydrogen-bond donors (Lipinski definition) is 3. The normalized spacial score (nSPS) is 14.6. The van der Waals surface area contributed by atoms with Crippen LogP contribution < -0.4 is 0 Å². The Kier molecular flexibility index (Phi) is 52.6. The van der Waals surface area contributed by atoms with Crippen molar-refractivity contribution >= 4 is 39.5 Å². The second-order valence-electron chi connectivity index (χ2n) is 22.7. The highest BCUT2D eigenvalue weighted by Crippen LogP contribution is 2.45. The monoisotopic (exact) mass is 1190 g/mol. The van der Waals surface area contributed by atoms with Gasteiger partial charge < -0.3 is 33.8 Å². The Morgan fingerprint density at radius 3 is 1.01 bits per heavy atom. The first-order valence-corrected chi connectivity index (χ1v) is 34.8. The number of allylic oxidation sites excluding steroid dienone is 4. The second-order valence-corrected chi connectivity index (χ2v) is 25.6. The maximum Gasteiger partial charge on any atom is 0.472 e. The quantitative estimate of drug-likeness (QED) is 0.0169. The van der Waals surface area contributed by atoms with E-state index in [9.17, 15) is 43.2 Å². The van der Waals surface area contributed by atoms with Gasteiger partial charge in [-0.3, -0.25) is 37.3 Å². The molecule has 0 aromatic carbocycles. The highest BCUT2D eigenvalue weighted by molar-refractivity contribution is 7.47. The van der Waals surface area contributed by atoms with E-state index < -0.39 is 97.5 Å². The van der Waals surface area contributed by atoms with Crippen molar-refractivity contribution in [2.75, 3.05) is 39.6 Å². The number of phosphoric ester groups is 2. The van der Waals surface area contributed by atoms with E-state index in [2.05, 4.69) is 65.8 Å². The summed E-state index contributed by atoms with van der Waals surface area (Å²) in [5.41, 5.74) is 0. The molecule has 0 spiro atoms. The molecule has 0 aliphatic rings. The van der Waals surface area contributed by atoms with Crippen molar-refractivity contribution in [1.29, 1.82) is 0 Å². The summed E-state index contributed by atoms with van der Waals surface area (Å²) in [5, 5.41) is 10.5. The number of unbranched alkanes of at least 4 members (excludes halogenated alkanes) is 26. The standard InChI is InChI=1S/C62H116O17P2/c1-7-9-11-13-14-15-16-17-18-19-20-23-27-34-40-46-61(66)78-58(51-73-60(65)45-39-33-26-24-21-22-25-31-36-42-54(3)4)53-77-81(70,71)75-49-56(63)48-74-80(68,69)76-52-57(50-72-59(64)44-38-30-12-10-8-2)79-62(67)47-41-35-29-28-32-37-43-55(5)6/h15-18,54-58,63H,7-14,19-53H2,1-6H3,(H,68,69)(H,70,71)/b16-15-,18-17-/t56-,57+,58+/m0/s1. The minimum absolute atomic E-state index is 0.0840. The Balaban J connectivity index is 5.22. The van der Waals surface area contributed by atoms with Gasteiger partial charge in [-0.25, -0.2) is 9.13 Å². The summed E-state index contributed by atoms with van der Waals surface area (Å²) in [6, 6.07) is 0. The van der Waals surface area contributed by atoms with Crippen LogP contribution >= 0.6 is 15.6 Å². The number of hydrogen-bond acceptors (Lipinski definition) is 15. The van der Waals surface area contributed by atoms with Crippen LogP contribution in [0.25, 0.3) is 0 Å². The van der Waals surface area contributed by atoms with Crippen molar-refractivity contribution in [1.82, 2.24) is 0 Å². The maximum absolute atomic E-state index is 12.9. The van der Waals surface area contributed by atoms with Crippen molar-refractivity contribution in [3.8, 4) is 0 Å². The summed E-state index contributed by atoms with van der Waals surface area (Å²) in [4.78, 5) is 71.8. The van der Waals surface area contributed by atoms with Crippen LogP contribution in [0.15, 0.2) is 24.3 Å². The highest BCUT2D eigenvalue weighted by Gasteiger charge is 2.30. The van der Waals surface area contributed by atoms with Crippen LogP contribution in [0.4, 0.5) is 0 Å². The lowest BCUT2D eigenvalue weighted by Crippen LogP contribution is -2.30. The van der Waals surface area contributed by atoms with Gasteiger partial charge in [-0.15, -0.1) is 0 Å². The predicted octanol–water partition coefficient (Wildman–Crippen LogP) is 16.4. The van der Waals surface area contributed by atoms with Crippen LogP contribution in [0, 0.1) is 11.8 Å². The van der Waals surface area contributed by atoms with Gasteiger partial charge in [-0.1, -0.05) is 226 Å². The molecule has 19 heteroatoms. The third-order valence-corrected chi connectivity index (χ3v) is 15.5. The largest absolute Gasteiger partial charge is 0.472 e. The number of phosphoric acid groups is 2. The number of esters is 4. The molecule has 0 radical (unpaired) electrons. The van der Waals surface area contributed by atoms with Gasteiger partial charge in [0.15, 0.2) is 12.2 Å². The Bertz CT molecular complexity index is 1690. The topological polar surface area (TPSA) is 237 Å². The number of carbonyl (C=O) groups is 4. The van der Waals surface area contributed by atoms with E-state index in [-0.39, 0.29) is 25.7 Å². The molecular weight excluding hydrogens is 1080 g/mol. The molecule has 0 saturated heterocycles. The molecule has 476 valence electrons. The van der Waals surface area contributed by atoms with Crippen molar-refractivity contribution in [3.05, 3.63) is 24.3 Å². The average molecular weight is 1200 g/mol. The molecule has 81 heavy (non-hydrogen) atoms. The van der Waals surface area contributed by atoms with Gasteiger partial charge in [0, 0.05) is 25.7 Å². The lowest BCUT2D eigenvalue weighted by molar-refractivity contribution is -0.161. The molecule has 0 amide bonds. The molecule has 0 rings (SSSR count). The maximum atomic E-state index is 12.9. The minimum Gasteiger partial charge on any atom is -0.462 e. The number of rotatable bonds is 59. The van der Waals surface area contributed by atoms with Crippen LogP contribution in [0.5, 0.6) is 0 Å². The first kappa shape index (κ1) is 78.5. The van der Waals surface area contributed by atoms with E-state index in [0.29, 0.717) is 31.6 Å².